The van der Waals surface area contributed by atoms with E-state index in [0.29, 0.717) is 0 Å². The van der Waals surface area contributed by atoms with E-state index in [2.05, 4.69) is 187 Å². The average molecular weight is 694 g/mol. The van der Waals surface area contributed by atoms with Crippen molar-refractivity contribution in [1.82, 2.24) is 0 Å². The molecule has 53 heavy (non-hydrogen) atoms. The first-order chi connectivity index (χ1) is 26.3. The number of hydrogen-bond acceptors (Lipinski definition) is 3. The van der Waals surface area contributed by atoms with Gasteiger partial charge in [0.1, 0.15) is 5.58 Å². The Bertz CT molecular complexity index is 3170. The number of rotatable bonds is 5. The van der Waals surface area contributed by atoms with Gasteiger partial charge in [-0.05, 0) is 80.2 Å². The van der Waals surface area contributed by atoms with Crippen molar-refractivity contribution >= 4 is 92.1 Å². The summed E-state index contributed by atoms with van der Waals surface area (Å²) in [4.78, 5) is 2.42. The first-order valence-electron chi connectivity index (χ1n) is 18.0. The number of hydrogen-bond donors (Lipinski definition) is 0. The maximum atomic E-state index is 6.74. The molecule has 0 amide bonds. The Labute approximate surface area is 310 Å². The zero-order valence-corrected chi connectivity index (χ0v) is 29.5. The van der Waals surface area contributed by atoms with Crippen molar-refractivity contribution < 1.29 is 4.42 Å². The fourth-order valence-corrected chi connectivity index (χ4v) is 9.41. The molecule has 3 heteroatoms. The lowest BCUT2D eigenvalue weighted by molar-refractivity contribution is 0.669. The molecule has 0 saturated heterocycles. The second kappa shape index (κ2) is 11.9. The minimum absolute atomic E-state index is 0.876. The van der Waals surface area contributed by atoms with Gasteiger partial charge in [0, 0.05) is 36.6 Å². The smallest absolute Gasteiger partial charge is 0.159 e. The Morgan fingerprint density at radius 1 is 0.415 bits per heavy atom. The maximum absolute atomic E-state index is 6.74. The summed E-state index contributed by atoms with van der Waals surface area (Å²) < 4.78 is 9.27. The molecule has 0 unspecified atom stereocenters. The zero-order valence-electron chi connectivity index (χ0n) is 28.7. The van der Waals surface area contributed by atoms with E-state index in [1.165, 1.54) is 64.0 Å². The van der Waals surface area contributed by atoms with Crippen molar-refractivity contribution in [3.05, 3.63) is 188 Å². The van der Waals surface area contributed by atoms with Crippen molar-refractivity contribution in [2.45, 2.75) is 0 Å². The van der Waals surface area contributed by atoms with Crippen molar-refractivity contribution in [3.8, 4) is 22.3 Å². The number of para-hydroxylation sites is 2. The fraction of sp³-hybridized carbons (Fsp3) is 0. The van der Waals surface area contributed by atoms with Crippen LogP contribution >= 0.6 is 11.3 Å². The molecule has 11 rings (SSSR count). The highest BCUT2D eigenvalue weighted by Crippen LogP contribution is 2.50. The Morgan fingerprint density at radius 3 is 1.98 bits per heavy atom. The van der Waals surface area contributed by atoms with Crippen LogP contribution in [0.5, 0.6) is 0 Å². The Hall–Kier alpha value is -6.68. The van der Waals surface area contributed by atoms with Crippen molar-refractivity contribution in [2.75, 3.05) is 4.90 Å². The summed E-state index contributed by atoms with van der Waals surface area (Å²) >= 11 is 1.87. The fourth-order valence-electron chi connectivity index (χ4n) is 8.15. The summed E-state index contributed by atoms with van der Waals surface area (Å²) in [5, 5.41) is 9.66. The van der Waals surface area contributed by atoms with Crippen LogP contribution in [0.2, 0.25) is 0 Å². The second-order valence-corrected chi connectivity index (χ2v) is 14.7. The van der Waals surface area contributed by atoms with Gasteiger partial charge in [-0.25, -0.2) is 0 Å². The minimum Gasteiger partial charge on any atom is -0.454 e. The SMILES string of the molecule is c1ccc(-c2ccc(-c3ccc(N(c4ccc5c(ccc6ccccc65)c4)c4cccc5c4oc4ccccc45)c4c3sc3ccccc34)cc2)cc1. The molecule has 0 aliphatic heterocycles. The minimum atomic E-state index is 0.876. The number of nitrogens with zero attached hydrogens (tertiary/aromatic N) is 1. The molecule has 0 N–H and O–H groups in total. The lowest BCUT2D eigenvalue weighted by Crippen LogP contribution is -2.11. The van der Waals surface area contributed by atoms with Gasteiger partial charge in [0.2, 0.25) is 0 Å². The molecule has 0 saturated carbocycles. The van der Waals surface area contributed by atoms with Crippen LogP contribution in [-0.4, -0.2) is 0 Å². The molecule has 2 heterocycles. The molecule has 2 aromatic heterocycles. The predicted octanol–water partition coefficient (Wildman–Crippen LogP) is 15.1. The first kappa shape index (κ1) is 30.0. The lowest BCUT2D eigenvalue weighted by Gasteiger charge is -2.27. The van der Waals surface area contributed by atoms with E-state index in [1.807, 2.05) is 17.4 Å². The molecule has 0 aliphatic rings. The maximum Gasteiger partial charge on any atom is 0.159 e. The number of benzene rings is 9. The Kier molecular flexibility index (Phi) is 6.76. The van der Waals surface area contributed by atoms with E-state index >= 15 is 0 Å². The largest absolute Gasteiger partial charge is 0.454 e. The number of furan rings is 1. The van der Waals surface area contributed by atoms with Crippen LogP contribution in [0.15, 0.2) is 192 Å². The molecule has 248 valence electrons. The third kappa shape index (κ3) is 4.78. The van der Waals surface area contributed by atoms with Crippen LogP contribution in [0.4, 0.5) is 17.1 Å². The Balaban J connectivity index is 1.18. The van der Waals surface area contributed by atoms with E-state index in [4.69, 9.17) is 4.42 Å². The van der Waals surface area contributed by atoms with E-state index in [-0.39, 0.29) is 0 Å². The molecule has 11 aromatic rings. The summed E-state index contributed by atoms with van der Waals surface area (Å²) in [7, 11) is 0. The third-order valence-electron chi connectivity index (χ3n) is 10.7. The molecule has 9 aromatic carbocycles. The second-order valence-electron chi connectivity index (χ2n) is 13.7. The normalized spacial score (nSPS) is 11.8. The highest BCUT2D eigenvalue weighted by atomic mass is 32.1. The van der Waals surface area contributed by atoms with Crippen molar-refractivity contribution in [1.29, 1.82) is 0 Å². The van der Waals surface area contributed by atoms with Crippen molar-refractivity contribution in [2.24, 2.45) is 0 Å². The molecule has 0 aliphatic carbocycles. The van der Waals surface area contributed by atoms with E-state index in [9.17, 15) is 0 Å². The van der Waals surface area contributed by atoms with Crippen molar-refractivity contribution in [3.63, 3.8) is 0 Å². The average Bonchev–Trinajstić information content (AvgIpc) is 3.81. The lowest BCUT2D eigenvalue weighted by atomic mass is 9.97. The van der Waals surface area contributed by atoms with Crippen LogP contribution in [0.1, 0.15) is 0 Å². The van der Waals surface area contributed by atoms with E-state index in [1.54, 1.807) is 0 Å². The molecule has 0 fully saturated rings. The highest BCUT2D eigenvalue weighted by molar-refractivity contribution is 7.26. The van der Waals surface area contributed by atoms with Crippen LogP contribution in [0, 0.1) is 0 Å². The standard InChI is InChI=1S/C50H31NOS/c1-2-11-32(12-3-1)33-21-23-35(24-22-33)40-29-30-44(48-43-16-7-9-20-47(43)53-50(40)48)51(45-18-10-17-42-41-15-6-8-19-46(41)52-49(42)45)37-27-28-39-36(31-37)26-25-34-13-4-5-14-38(34)39/h1-31H. The molecule has 0 atom stereocenters. The summed E-state index contributed by atoms with van der Waals surface area (Å²) in [5.41, 5.74) is 9.85. The molecular formula is C50H31NOS. The van der Waals surface area contributed by atoms with Gasteiger partial charge in [0.25, 0.3) is 0 Å². The molecule has 0 spiro atoms. The monoisotopic (exact) mass is 693 g/mol. The Morgan fingerprint density at radius 2 is 1.09 bits per heavy atom. The van der Waals surface area contributed by atoms with Crippen LogP contribution < -0.4 is 4.90 Å². The number of anilines is 3. The van der Waals surface area contributed by atoms with Gasteiger partial charge >= 0.3 is 0 Å². The van der Waals surface area contributed by atoms with Crippen LogP contribution in [0.25, 0.3) is 85.9 Å². The van der Waals surface area contributed by atoms with Gasteiger partial charge in [-0.3, -0.25) is 0 Å². The summed E-state index contributed by atoms with van der Waals surface area (Å²) in [6.45, 7) is 0. The van der Waals surface area contributed by atoms with E-state index in [0.717, 1.165) is 39.0 Å². The van der Waals surface area contributed by atoms with Gasteiger partial charge in [-0.2, -0.15) is 0 Å². The molecule has 2 nitrogen and oxygen atoms in total. The van der Waals surface area contributed by atoms with Gasteiger partial charge in [0.15, 0.2) is 5.58 Å². The van der Waals surface area contributed by atoms with Crippen LogP contribution in [0.3, 0.4) is 0 Å². The molecule has 0 bridgehead atoms. The molecule has 0 radical (unpaired) electrons. The van der Waals surface area contributed by atoms with Gasteiger partial charge < -0.3 is 9.32 Å². The summed E-state index contributed by atoms with van der Waals surface area (Å²) in [6, 6.07) is 67.9. The quantitative estimate of drug-likeness (QED) is 0.167. The van der Waals surface area contributed by atoms with Gasteiger partial charge in [0.05, 0.1) is 11.4 Å². The zero-order chi connectivity index (χ0) is 34.9. The van der Waals surface area contributed by atoms with Gasteiger partial charge in [-0.1, -0.05) is 152 Å². The van der Waals surface area contributed by atoms with Gasteiger partial charge in [-0.15, -0.1) is 11.3 Å². The third-order valence-corrected chi connectivity index (χ3v) is 11.9. The molecular weight excluding hydrogens is 663 g/mol. The summed E-state index contributed by atoms with van der Waals surface area (Å²) in [5.74, 6) is 0. The van der Waals surface area contributed by atoms with E-state index < -0.39 is 0 Å². The number of fused-ring (bicyclic) bond motifs is 9. The predicted molar refractivity (Wildman–Crippen MR) is 227 cm³/mol. The van der Waals surface area contributed by atoms with Crippen LogP contribution in [-0.2, 0) is 0 Å². The first-order valence-corrected chi connectivity index (χ1v) is 18.8. The highest BCUT2D eigenvalue weighted by Gasteiger charge is 2.24. The number of thiophene rings is 1. The topological polar surface area (TPSA) is 16.4 Å². The summed E-state index contributed by atoms with van der Waals surface area (Å²) in [6.07, 6.45) is 0.